The highest BCUT2D eigenvalue weighted by Gasteiger charge is 2.10. The molecule has 4 nitrogen and oxygen atoms in total. The van der Waals surface area contributed by atoms with Crippen LogP contribution in [0.2, 0.25) is 0 Å². The molecule has 3 rings (SSSR count). The number of amides is 1. The third-order valence-electron chi connectivity index (χ3n) is 4.00. The Balaban J connectivity index is 1.59. The number of anilines is 1. The predicted octanol–water partition coefficient (Wildman–Crippen LogP) is 4.77. The molecule has 4 heteroatoms. The van der Waals surface area contributed by atoms with Crippen molar-refractivity contribution < 1.29 is 9.53 Å². The summed E-state index contributed by atoms with van der Waals surface area (Å²) in [6, 6.07) is 27.0. The third kappa shape index (κ3) is 4.94. The van der Waals surface area contributed by atoms with Gasteiger partial charge in [0, 0.05) is 6.04 Å². The first-order valence-electron chi connectivity index (χ1n) is 8.62. The zero-order valence-corrected chi connectivity index (χ0v) is 14.7. The van der Waals surface area contributed by atoms with E-state index in [1.807, 2.05) is 91.9 Å². The van der Waals surface area contributed by atoms with Crippen LogP contribution in [-0.2, 0) is 4.79 Å². The Morgan fingerprint density at radius 2 is 1.50 bits per heavy atom. The lowest BCUT2D eigenvalue weighted by atomic mass is 10.1. The van der Waals surface area contributed by atoms with Gasteiger partial charge in [-0.05, 0) is 36.8 Å². The lowest BCUT2D eigenvalue weighted by molar-refractivity contribution is -0.115. The van der Waals surface area contributed by atoms with E-state index >= 15 is 0 Å². The van der Waals surface area contributed by atoms with Crippen LogP contribution in [0.5, 0.6) is 11.5 Å². The number of nitrogens with one attached hydrogen (secondary N) is 2. The second kappa shape index (κ2) is 8.83. The molecule has 2 N–H and O–H groups in total. The van der Waals surface area contributed by atoms with E-state index < -0.39 is 0 Å². The van der Waals surface area contributed by atoms with Crippen LogP contribution in [0.3, 0.4) is 0 Å². The molecule has 0 saturated heterocycles. The molecule has 1 amide bonds. The van der Waals surface area contributed by atoms with Crippen LogP contribution in [0.1, 0.15) is 18.5 Å². The van der Waals surface area contributed by atoms with Crippen molar-refractivity contribution in [3.8, 4) is 11.5 Å². The lowest BCUT2D eigenvalue weighted by Crippen LogP contribution is -2.30. The minimum Gasteiger partial charge on any atom is -0.455 e. The van der Waals surface area contributed by atoms with E-state index in [9.17, 15) is 4.79 Å². The van der Waals surface area contributed by atoms with E-state index in [1.165, 1.54) is 0 Å². The number of carbonyl (C=O) groups excluding carboxylic acids is 1. The first-order chi connectivity index (χ1) is 12.7. The van der Waals surface area contributed by atoms with Crippen molar-refractivity contribution >= 4 is 11.6 Å². The molecule has 0 aliphatic rings. The van der Waals surface area contributed by atoms with Crippen LogP contribution in [0.15, 0.2) is 84.9 Å². The third-order valence-corrected chi connectivity index (χ3v) is 4.00. The molecular formula is C22H22N2O2. The van der Waals surface area contributed by atoms with Crippen LogP contribution >= 0.6 is 0 Å². The first-order valence-corrected chi connectivity index (χ1v) is 8.62. The highest BCUT2D eigenvalue weighted by atomic mass is 16.5. The monoisotopic (exact) mass is 346 g/mol. The van der Waals surface area contributed by atoms with Gasteiger partial charge in [-0.1, -0.05) is 60.7 Å². The number of para-hydroxylation sites is 3. The molecule has 0 bridgehead atoms. The summed E-state index contributed by atoms with van der Waals surface area (Å²) in [5.74, 6) is 1.23. The zero-order valence-electron chi connectivity index (χ0n) is 14.7. The Hall–Kier alpha value is -3.11. The van der Waals surface area contributed by atoms with Crippen molar-refractivity contribution in [3.63, 3.8) is 0 Å². The average molecular weight is 346 g/mol. The zero-order chi connectivity index (χ0) is 18.2. The fraction of sp³-hybridized carbons (Fsp3) is 0.136. The summed E-state index contributed by atoms with van der Waals surface area (Å²) in [5, 5.41) is 6.15. The van der Waals surface area contributed by atoms with Crippen molar-refractivity contribution in [2.75, 3.05) is 11.9 Å². The molecule has 0 fully saturated rings. The number of hydrogen-bond donors (Lipinski definition) is 2. The molecule has 0 aliphatic heterocycles. The number of hydrogen-bond acceptors (Lipinski definition) is 3. The number of ether oxygens (including phenoxy) is 1. The van der Waals surface area contributed by atoms with E-state index in [2.05, 4.69) is 10.6 Å². The highest BCUT2D eigenvalue weighted by molar-refractivity contribution is 5.93. The normalized spacial score (nSPS) is 11.6. The second-order valence-corrected chi connectivity index (χ2v) is 5.97. The van der Waals surface area contributed by atoms with Gasteiger partial charge in [-0.15, -0.1) is 0 Å². The number of carbonyl (C=O) groups is 1. The standard InChI is InChI=1S/C22H22N2O2/c1-17(18-10-4-2-5-11-18)23-16-22(25)24-20-14-8-9-15-21(20)26-19-12-6-3-7-13-19/h2-15,17,23H,16H2,1H3,(H,24,25). The molecule has 132 valence electrons. The molecule has 0 spiro atoms. The molecule has 0 saturated carbocycles. The van der Waals surface area contributed by atoms with E-state index in [-0.39, 0.29) is 18.5 Å². The minimum absolute atomic E-state index is 0.0952. The largest absolute Gasteiger partial charge is 0.455 e. The van der Waals surface area contributed by atoms with Crippen LogP contribution in [0.25, 0.3) is 0 Å². The molecule has 3 aromatic rings. The van der Waals surface area contributed by atoms with Crippen molar-refractivity contribution in [3.05, 3.63) is 90.5 Å². The van der Waals surface area contributed by atoms with Gasteiger partial charge >= 0.3 is 0 Å². The van der Waals surface area contributed by atoms with Gasteiger partial charge in [0.15, 0.2) is 5.75 Å². The summed E-state index contributed by atoms with van der Waals surface area (Å²) < 4.78 is 5.87. The van der Waals surface area contributed by atoms with Crippen molar-refractivity contribution in [2.24, 2.45) is 0 Å². The van der Waals surface area contributed by atoms with E-state index in [4.69, 9.17) is 4.74 Å². The van der Waals surface area contributed by atoms with Gasteiger partial charge in [0.25, 0.3) is 0 Å². The fourth-order valence-electron chi connectivity index (χ4n) is 2.57. The van der Waals surface area contributed by atoms with Gasteiger partial charge in [0.05, 0.1) is 12.2 Å². The van der Waals surface area contributed by atoms with E-state index in [1.54, 1.807) is 0 Å². The molecule has 1 unspecified atom stereocenters. The smallest absolute Gasteiger partial charge is 0.238 e. The maximum Gasteiger partial charge on any atom is 0.238 e. The van der Waals surface area contributed by atoms with Crippen molar-refractivity contribution in [2.45, 2.75) is 13.0 Å². The quantitative estimate of drug-likeness (QED) is 0.648. The summed E-state index contributed by atoms with van der Waals surface area (Å²) in [6.45, 7) is 2.25. The van der Waals surface area contributed by atoms with Gasteiger partial charge < -0.3 is 15.4 Å². The Kier molecular flexibility index (Phi) is 6.01. The van der Waals surface area contributed by atoms with Gasteiger partial charge in [0.1, 0.15) is 5.75 Å². The minimum atomic E-state index is -0.114. The molecule has 0 heterocycles. The highest BCUT2D eigenvalue weighted by Crippen LogP contribution is 2.28. The second-order valence-electron chi connectivity index (χ2n) is 5.97. The van der Waals surface area contributed by atoms with Gasteiger partial charge in [0.2, 0.25) is 5.91 Å². The molecule has 1 atom stereocenters. The predicted molar refractivity (Wildman–Crippen MR) is 104 cm³/mol. The van der Waals surface area contributed by atoms with Crippen LogP contribution in [-0.4, -0.2) is 12.5 Å². The molecule has 0 aromatic heterocycles. The maximum atomic E-state index is 12.3. The average Bonchev–Trinajstić information content (AvgIpc) is 2.69. The number of rotatable bonds is 7. The Labute approximate surface area is 153 Å². The van der Waals surface area contributed by atoms with E-state index in [0.29, 0.717) is 11.4 Å². The fourth-order valence-corrected chi connectivity index (χ4v) is 2.57. The maximum absolute atomic E-state index is 12.3. The lowest BCUT2D eigenvalue weighted by Gasteiger charge is -2.15. The summed E-state index contributed by atoms with van der Waals surface area (Å²) >= 11 is 0. The summed E-state index contributed by atoms with van der Waals surface area (Å²) in [7, 11) is 0. The first kappa shape index (κ1) is 17.7. The summed E-state index contributed by atoms with van der Waals surface area (Å²) in [4.78, 5) is 12.3. The van der Waals surface area contributed by atoms with E-state index in [0.717, 1.165) is 11.3 Å². The van der Waals surface area contributed by atoms with Crippen molar-refractivity contribution in [1.82, 2.24) is 5.32 Å². The van der Waals surface area contributed by atoms with Gasteiger partial charge in [-0.3, -0.25) is 4.79 Å². The van der Waals surface area contributed by atoms with Gasteiger partial charge in [-0.25, -0.2) is 0 Å². The molecule has 26 heavy (non-hydrogen) atoms. The molecule has 3 aromatic carbocycles. The SMILES string of the molecule is CC(NCC(=O)Nc1ccccc1Oc1ccccc1)c1ccccc1. The number of benzene rings is 3. The van der Waals surface area contributed by atoms with Crippen LogP contribution in [0, 0.1) is 0 Å². The van der Waals surface area contributed by atoms with Crippen molar-refractivity contribution in [1.29, 1.82) is 0 Å². The summed E-state index contributed by atoms with van der Waals surface area (Å²) in [6.07, 6.45) is 0. The van der Waals surface area contributed by atoms with Crippen LogP contribution in [0.4, 0.5) is 5.69 Å². The topological polar surface area (TPSA) is 50.4 Å². The molecular weight excluding hydrogens is 324 g/mol. The Bertz CT molecular complexity index is 835. The van der Waals surface area contributed by atoms with Gasteiger partial charge in [-0.2, -0.15) is 0 Å². The Morgan fingerprint density at radius 1 is 0.885 bits per heavy atom. The molecule has 0 radical (unpaired) electrons. The Morgan fingerprint density at radius 3 is 2.23 bits per heavy atom. The van der Waals surface area contributed by atoms with Crippen LogP contribution < -0.4 is 15.4 Å². The molecule has 0 aliphatic carbocycles. The summed E-state index contributed by atoms with van der Waals surface area (Å²) in [5.41, 5.74) is 1.80.